The fourth-order valence-corrected chi connectivity index (χ4v) is 4.59. The standard InChI is InChI=1S/C24H37N3/c1-14(2)19-26-17-12-15-16(23(8,9)24(10,11)22(15,6)7)13-18(17)27(19)20(25)21(3,4)5/h12-14,25H,1-11H3. The Bertz CT molecular complexity index is 931. The van der Waals surface area contributed by atoms with E-state index in [9.17, 15) is 0 Å². The Morgan fingerprint density at radius 3 is 1.89 bits per heavy atom. The Balaban J connectivity index is 2.41. The molecule has 0 aliphatic heterocycles. The molecule has 1 aromatic heterocycles. The van der Waals surface area contributed by atoms with Crippen molar-refractivity contribution in [3.8, 4) is 0 Å². The molecule has 0 spiro atoms. The molecule has 0 radical (unpaired) electrons. The first-order valence-electron chi connectivity index (χ1n) is 10.2. The van der Waals surface area contributed by atoms with Gasteiger partial charge in [-0.15, -0.1) is 0 Å². The SMILES string of the molecule is CC(C)c1nc2cc3c(cc2n1C(=N)C(C)(C)C)C(C)(C)C(C)(C)C3(C)C. The zero-order valence-corrected chi connectivity index (χ0v) is 19.1. The van der Waals surface area contributed by atoms with Crippen LogP contribution in [0.2, 0.25) is 0 Å². The Hall–Kier alpha value is -1.64. The Labute approximate surface area is 165 Å². The van der Waals surface area contributed by atoms with Gasteiger partial charge in [0.05, 0.1) is 11.0 Å². The van der Waals surface area contributed by atoms with Gasteiger partial charge in [-0.05, 0) is 39.5 Å². The third kappa shape index (κ3) is 2.46. The van der Waals surface area contributed by atoms with Gasteiger partial charge in [0.1, 0.15) is 11.7 Å². The van der Waals surface area contributed by atoms with Crippen molar-refractivity contribution in [1.29, 1.82) is 5.41 Å². The second kappa shape index (κ2) is 5.46. The van der Waals surface area contributed by atoms with E-state index in [1.54, 1.807) is 0 Å². The van der Waals surface area contributed by atoms with Crippen LogP contribution in [0.5, 0.6) is 0 Å². The molecular weight excluding hydrogens is 330 g/mol. The maximum absolute atomic E-state index is 8.89. The van der Waals surface area contributed by atoms with Gasteiger partial charge in [0.2, 0.25) is 0 Å². The van der Waals surface area contributed by atoms with Gasteiger partial charge in [-0.25, -0.2) is 4.98 Å². The molecule has 148 valence electrons. The lowest BCUT2D eigenvalue weighted by atomic mass is 9.59. The van der Waals surface area contributed by atoms with Crippen molar-refractivity contribution >= 4 is 16.9 Å². The summed E-state index contributed by atoms with van der Waals surface area (Å²) < 4.78 is 2.11. The molecule has 1 heterocycles. The van der Waals surface area contributed by atoms with Gasteiger partial charge in [0, 0.05) is 11.3 Å². The van der Waals surface area contributed by atoms with E-state index in [-0.39, 0.29) is 27.6 Å². The highest BCUT2D eigenvalue weighted by Crippen LogP contribution is 2.61. The predicted molar refractivity (Wildman–Crippen MR) is 116 cm³/mol. The van der Waals surface area contributed by atoms with E-state index < -0.39 is 0 Å². The van der Waals surface area contributed by atoms with Crippen LogP contribution < -0.4 is 0 Å². The molecule has 0 amide bonds. The first-order chi connectivity index (χ1) is 12.0. The Kier molecular flexibility index (Phi) is 4.06. The molecule has 1 aliphatic carbocycles. The summed E-state index contributed by atoms with van der Waals surface area (Å²) in [5, 5.41) is 8.89. The lowest BCUT2D eigenvalue weighted by Gasteiger charge is -2.44. The monoisotopic (exact) mass is 367 g/mol. The smallest absolute Gasteiger partial charge is 0.117 e. The van der Waals surface area contributed by atoms with E-state index in [0.29, 0.717) is 5.84 Å². The first-order valence-corrected chi connectivity index (χ1v) is 10.2. The molecule has 3 nitrogen and oxygen atoms in total. The number of fused-ring (bicyclic) bond motifs is 2. The summed E-state index contributed by atoms with van der Waals surface area (Å²) in [7, 11) is 0. The molecule has 3 rings (SSSR count). The Morgan fingerprint density at radius 1 is 0.963 bits per heavy atom. The molecule has 0 saturated heterocycles. The summed E-state index contributed by atoms with van der Waals surface area (Å²) in [5.74, 6) is 1.87. The van der Waals surface area contributed by atoms with Gasteiger partial charge in [0.25, 0.3) is 0 Å². The van der Waals surface area contributed by atoms with Crippen LogP contribution in [-0.4, -0.2) is 15.4 Å². The van der Waals surface area contributed by atoms with Crippen LogP contribution in [0.3, 0.4) is 0 Å². The van der Waals surface area contributed by atoms with E-state index in [2.05, 4.69) is 92.9 Å². The lowest BCUT2D eigenvalue weighted by Crippen LogP contribution is -2.42. The molecule has 0 unspecified atom stereocenters. The van der Waals surface area contributed by atoms with Crippen molar-refractivity contribution in [3.05, 3.63) is 29.1 Å². The number of nitrogens with zero attached hydrogens (tertiary/aromatic N) is 2. The van der Waals surface area contributed by atoms with Crippen molar-refractivity contribution in [2.45, 2.75) is 92.9 Å². The number of rotatable bonds is 1. The van der Waals surface area contributed by atoms with Crippen LogP contribution in [0.1, 0.15) is 99.0 Å². The summed E-state index contributed by atoms with van der Waals surface area (Å²) in [5.41, 5.74) is 4.94. The molecule has 0 atom stereocenters. The number of nitrogens with one attached hydrogen (secondary N) is 1. The molecule has 27 heavy (non-hydrogen) atoms. The zero-order chi connectivity index (χ0) is 20.7. The maximum atomic E-state index is 8.89. The zero-order valence-electron chi connectivity index (χ0n) is 19.1. The number of hydrogen-bond donors (Lipinski definition) is 1. The quantitative estimate of drug-likeness (QED) is 0.446. The van der Waals surface area contributed by atoms with Crippen LogP contribution in [0.4, 0.5) is 0 Å². The summed E-state index contributed by atoms with van der Waals surface area (Å²) in [4.78, 5) is 5.01. The molecule has 1 aromatic carbocycles. The van der Waals surface area contributed by atoms with Crippen molar-refractivity contribution < 1.29 is 0 Å². The highest BCUT2D eigenvalue weighted by atomic mass is 15.1. The predicted octanol–water partition coefficient (Wildman–Crippen LogP) is 6.63. The van der Waals surface area contributed by atoms with Crippen LogP contribution in [0.15, 0.2) is 12.1 Å². The molecule has 0 bridgehead atoms. The molecule has 0 fully saturated rings. The van der Waals surface area contributed by atoms with Crippen molar-refractivity contribution in [3.63, 3.8) is 0 Å². The average Bonchev–Trinajstić information content (AvgIpc) is 2.93. The number of aromatic nitrogens is 2. The fourth-order valence-electron chi connectivity index (χ4n) is 4.59. The van der Waals surface area contributed by atoms with Gasteiger partial charge in [-0.1, -0.05) is 76.2 Å². The topological polar surface area (TPSA) is 41.7 Å². The summed E-state index contributed by atoms with van der Waals surface area (Å²) in [6.07, 6.45) is 0. The molecule has 3 heteroatoms. The number of imidazole rings is 1. The second-order valence-electron chi connectivity index (χ2n) is 11.3. The van der Waals surface area contributed by atoms with Crippen LogP contribution in [-0.2, 0) is 10.8 Å². The largest absolute Gasteiger partial charge is 0.287 e. The lowest BCUT2D eigenvalue weighted by molar-refractivity contribution is 0.125. The fraction of sp³-hybridized carbons (Fsp3) is 0.667. The summed E-state index contributed by atoms with van der Waals surface area (Å²) in [6.45, 7) is 24.9. The highest BCUT2D eigenvalue weighted by Gasteiger charge is 2.57. The van der Waals surface area contributed by atoms with Crippen molar-refractivity contribution in [2.75, 3.05) is 0 Å². The minimum atomic E-state index is -0.232. The molecular formula is C24H37N3. The third-order valence-corrected chi connectivity index (χ3v) is 7.74. The van der Waals surface area contributed by atoms with Crippen LogP contribution in [0.25, 0.3) is 11.0 Å². The summed E-state index contributed by atoms with van der Waals surface area (Å²) >= 11 is 0. The van der Waals surface area contributed by atoms with Gasteiger partial charge < -0.3 is 0 Å². The van der Waals surface area contributed by atoms with Gasteiger partial charge >= 0.3 is 0 Å². The van der Waals surface area contributed by atoms with E-state index in [4.69, 9.17) is 10.4 Å². The maximum Gasteiger partial charge on any atom is 0.117 e. The molecule has 1 aliphatic rings. The normalized spacial score (nSPS) is 20.3. The van der Waals surface area contributed by atoms with E-state index in [1.165, 1.54) is 11.1 Å². The van der Waals surface area contributed by atoms with Crippen LogP contribution >= 0.6 is 0 Å². The Morgan fingerprint density at radius 2 is 1.44 bits per heavy atom. The second-order valence-corrected chi connectivity index (χ2v) is 11.3. The number of hydrogen-bond acceptors (Lipinski definition) is 2. The van der Waals surface area contributed by atoms with Gasteiger partial charge in [-0.3, -0.25) is 9.98 Å². The minimum absolute atomic E-state index is 0.0526. The highest BCUT2D eigenvalue weighted by molar-refractivity contribution is 5.96. The molecule has 0 saturated carbocycles. The number of benzene rings is 1. The molecule has 1 N–H and O–H groups in total. The van der Waals surface area contributed by atoms with Crippen LogP contribution in [0, 0.1) is 16.2 Å². The first kappa shape index (κ1) is 20.1. The minimum Gasteiger partial charge on any atom is -0.287 e. The van der Waals surface area contributed by atoms with Gasteiger partial charge in [0.15, 0.2) is 0 Å². The average molecular weight is 368 g/mol. The molecule has 2 aromatic rings. The van der Waals surface area contributed by atoms with Crippen molar-refractivity contribution in [1.82, 2.24) is 9.55 Å². The van der Waals surface area contributed by atoms with Gasteiger partial charge in [-0.2, -0.15) is 0 Å². The van der Waals surface area contributed by atoms with E-state index in [1.807, 2.05) is 0 Å². The summed E-state index contributed by atoms with van der Waals surface area (Å²) in [6, 6.07) is 4.64. The van der Waals surface area contributed by atoms with E-state index in [0.717, 1.165) is 16.9 Å². The van der Waals surface area contributed by atoms with Crippen molar-refractivity contribution in [2.24, 2.45) is 10.8 Å². The van der Waals surface area contributed by atoms with E-state index >= 15 is 0 Å². The third-order valence-electron chi connectivity index (χ3n) is 7.74.